The highest BCUT2D eigenvalue weighted by molar-refractivity contribution is 7.89. The van der Waals surface area contributed by atoms with Crippen molar-refractivity contribution in [3.05, 3.63) is 41.5 Å². The molecule has 136 valence electrons. The highest BCUT2D eigenvalue weighted by Crippen LogP contribution is 2.24. The maximum atomic E-state index is 13.4. The van der Waals surface area contributed by atoms with Crippen LogP contribution in [0.2, 0.25) is 0 Å². The van der Waals surface area contributed by atoms with Crippen LogP contribution >= 0.6 is 0 Å². The SMILES string of the molecule is CCS(=O)(=O)NCC(C)N1CCc2nc(-c3cccc(F)c3)[nH]c2C1. The summed E-state index contributed by atoms with van der Waals surface area (Å²) in [7, 11) is -3.18. The Hall–Kier alpha value is -1.77. The Morgan fingerprint density at radius 3 is 2.96 bits per heavy atom. The molecule has 1 aromatic heterocycles. The van der Waals surface area contributed by atoms with Gasteiger partial charge in [0.1, 0.15) is 11.6 Å². The number of halogens is 1. The van der Waals surface area contributed by atoms with E-state index in [1.807, 2.05) is 13.0 Å². The van der Waals surface area contributed by atoms with E-state index in [9.17, 15) is 12.8 Å². The lowest BCUT2D eigenvalue weighted by Gasteiger charge is -2.31. The number of hydrogen-bond donors (Lipinski definition) is 2. The van der Waals surface area contributed by atoms with Gasteiger partial charge < -0.3 is 4.98 Å². The van der Waals surface area contributed by atoms with Gasteiger partial charge >= 0.3 is 0 Å². The van der Waals surface area contributed by atoms with E-state index in [1.54, 1.807) is 13.0 Å². The van der Waals surface area contributed by atoms with Gasteiger partial charge in [-0.1, -0.05) is 12.1 Å². The number of rotatable bonds is 6. The van der Waals surface area contributed by atoms with Crippen LogP contribution in [0, 0.1) is 5.82 Å². The number of aromatic nitrogens is 2. The molecule has 0 saturated heterocycles. The number of benzene rings is 1. The van der Waals surface area contributed by atoms with Crippen molar-refractivity contribution in [2.24, 2.45) is 0 Å². The van der Waals surface area contributed by atoms with Crippen LogP contribution < -0.4 is 4.72 Å². The second kappa shape index (κ2) is 7.23. The molecule has 1 aliphatic heterocycles. The second-order valence-electron chi connectivity index (χ2n) is 6.34. The fourth-order valence-electron chi connectivity index (χ4n) is 2.94. The maximum absolute atomic E-state index is 13.4. The number of fused-ring (bicyclic) bond motifs is 1. The van der Waals surface area contributed by atoms with Crippen LogP contribution in [0.5, 0.6) is 0 Å². The Balaban J connectivity index is 1.69. The number of H-pyrrole nitrogens is 1. The summed E-state index contributed by atoms with van der Waals surface area (Å²) in [6.07, 6.45) is 0.784. The molecule has 2 N–H and O–H groups in total. The van der Waals surface area contributed by atoms with Crippen LogP contribution in [0.15, 0.2) is 24.3 Å². The minimum absolute atomic E-state index is 0.0791. The fraction of sp³-hybridized carbons (Fsp3) is 0.471. The highest BCUT2D eigenvalue weighted by Gasteiger charge is 2.24. The summed E-state index contributed by atoms with van der Waals surface area (Å²) in [5.74, 6) is 0.470. The first-order chi connectivity index (χ1) is 11.9. The third kappa shape index (κ3) is 4.26. The average Bonchev–Trinajstić information content (AvgIpc) is 3.03. The van der Waals surface area contributed by atoms with Gasteiger partial charge in [0.15, 0.2) is 0 Å². The predicted molar refractivity (Wildman–Crippen MR) is 95.0 cm³/mol. The molecule has 0 amide bonds. The Kier molecular flexibility index (Phi) is 5.21. The molecule has 1 aromatic carbocycles. The Labute approximate surface area is 147 Å². The molecule has 0 aliphatic carbocycles. The molecule has 1 atom stereocenters. The monoisotopic (exact) mass is 366 g/mol. The van der Waals surface area contributed by atoms with Gasteiger partial charge in [-0.05, 0) is 26.0 Å². The van der Waals surface area contributed by atoms with Crippen molar-refractivity contribution < 1.29 is 12.8 Å². The molecule has 0 fully saturated rings. The zero-order valence-electron chi connectivity index (χ0n) is 14.4. The first-order valence-corrected chi connectivity index (χ1v) is 10.1. The number of sulfonamides is 1. The van der Waals surface area contributed by atoms with Crippen molar-refractivity contribution in [1.29, 1.82) is 0 Å². The van der Waals surface area contributed by atoms with Crippen LogP contribution in [0.1, 0.15) is 25.2 Å². The van der Waals surface area contributed by atoms with Crippen molar-refractivity contribution >= 4 is 10.0 Å². The van der Waals surface area contributed by atoms with E-state index in [-0.39, 0.29) is 17.6 Å². The molecule has 0 spiro atoms. The average molecular weight is 366 g/mol. The lowest BCUT2D eigenvalue weighted by molar-refractivity contribution is 0.189. The number of nitrogens with one attached hydrogen (secondary N) is 2. The number of aromatic amines is 1. The van der Waals surface area contributed by atoms with Crippen LogP contribution in [0.4, 0.5) is 4.39 Å². The molecule has 0 saturated carbocycles. The van der Waals surface area contributed by atoms with E-state index in [4.69, 9.17) is 0 Å². The van der Waals surface area contributed by atoms with E-state index < -0.39 is 10.0 Å². The number of hydrogen-bond acceptors (Lipinski definition) is 4. The summed E-state index contributed by atoms with van der Waals surface area (Å²) in [6.45, 7) is 5.50. The minimum atomic E-state index is -3.18. The zero-order valence-corrected chi connectivity index (χ0v) is 15.2. The molecule has 3 rings (SSSR count). The quantitative estimate of drug-likeness (QED) is 0.819. The summed E-state index contributed by atoms with van der Waals surface area (Å²) in [5, 5.41) is 0. The van der Waals surface area contributed by atoms with Gasteiger partial charge in [-0.2, -0.15) is 0 Å². The largest absolute Gasteiger partial charge is 0.341 e. The maximum Gasteiger partial charge on any atom is 0.211 e. The van der Waals surface area contributed by atoms with Gasteiger partial charge in [-0.15, -0.1) is 0 Å². The minimum Gasteiger partial charge on any atom is -0.341 e. The van der Waals surface area contributed by atoms with Crippen LogP contribution in [0.3, 0.4) is 0 Å². The molecule has 2 heterocycles. The number of imidazole rings is 1. The fourth-order valence-corrected chi connectivity index (χ4v) is 3.64. The summed E-state index contributed by atoms with van der Waals surface area (Å²) in [6, 6.07) is 6.45. The summed E-state index contributed by atoms with van der Waals surface area (Å²) >= 11 is 0. The van der Waals surface area contributed by atoms with Crippen molar-refractivity contribution in [3.8, 4) is 11.4 Å². The first kappa shape index (κ1) is 18.0. The van der Waals surface area contributed by atoms with Crippen molar-refractivity contribution in [1.82, 2.24) is 19.6 Å². The third-order valence-corrected chi connectivity index (χ3v) is 5.93. The molecule has 6 nitrogen and oxygen atoms in total. The first-order valence-electron chi connectivity index (χ1n) is 8.43. The highest BCUT2D eigenvalue weighted by atomic mass is 32.2. The Bertz CT molecular complexity index is 850. The third-order valence-electron chi connectivity index (χ3n) is 4.56. The summed E-state index contributed by atoms with van der Waals surface area (Å²) < 4.78 is 39.2. The standard InChI is InChI=1S/C17H23FN4O2S/c1-3-25(23,24)19-10-12(2)22-8-7-15-16(11-22)21-17(20-15)13-5-4-6-14(18)9-13/h4-6,9,12,19H,3,7-8,10-11H2,1-2H3,(H,20,21). The zero-order chi connectivity index (χ0) is 18.0. The van der Waals surface area contributed by atoms with E-state index >= 15 is 0 Å². The van der Waals surface area contributed by atoms with Crippen molar-refractivity contribution in [2.75, 3.05) is 18.8 Å². The van der Waals surface area contributed by atoms with E-state index in [0.29, 0.717) is 18.9 Å². The van der Waals surface area contributed by atoms with Crippen molar-refractivity contribution in [3.63, 3.8) is 0 Å². The van der Waals surface area contributed by atoms with Gasteiger partial charge in [-0.25, -0.2) is 22.5 Å². The Morgan fingerprint density at radius 2 is 2.24 bits per heavy atom. The molecular weight excluding hydrogens is 343 g/mol. The lowest BCUT2D eigenvalue weighted by atomic mass is 10.1. The van der Waals surface area contributed by atoms with Gasteiger partial charge in [0.2, 0.25) is 10.0 Å². The smallest absolute Gasteiger partial charge is 0.211 e. The summed E-state index contributed by atoms with van der Waals surface area (Å²) in [4.78, 5) is 10.1. The van der Waals surface area contributed by atoms with Gasteiger partial charge in [0, 0.05) is 37.7 Å². The van der Waals surface area contributed by atoms with Crippen LogP contribution in [0.25, 0.3) is 11.4 Å². The molecule has 2 aromatic rings. The van der Waals surface area contributed by atoms with Gasteiger partial charge in [-0.3, -0.25) is 4.90 Å². The molecule has 0 radical (unpaired) electrons. The van der Waals surface area contributed by atoms with Gasteiger partial charge in [0.05, 0.1) is 17.1 Å². The normalized spacial score (nSPS) is 16.6. The topological polar surface area (TPSA) is 78.1 Å². The molecule has 1 unspecified atom stereocenters. The molecular formula is C17H23FN4O2S. The predicted octanol–water partition coefficient (Wildman–Crippen LogP) is 1.90. The lowest BCUT2D eigenvalue weighted by Crippen LogP contribution is -2.44. The molecule has 0 bridgehead atoms. The molecule has 25 heavy (non-hydrogen) atoms. The van der Waals surface area contributed by atoms with Crippen LogP contribution in [-0.4, -0.2) is 48.2 Å². The summed E-state index contributed by atoms with van der Waals surface area (Å²) in [5.41, 5.74) is 2.73. The van der Waals surface area contributed by atoms with E-state index in [2.05, 4.69) is 19.6 Å². The van der Waals surface area contributed by atoms with Crippen molar-refractivity contribution in [2.45, 2.75) is 32.9 Å². The molecule has 8 heteroatoms. The molecule has 1 aliphatic rings. The Morgan fingerprint density at radius 1 is 1.44 bits per heavy atom. The number of nitrogens with zero attached hydrogens (tertiary/aromatic N) is 2. The van der Waals surface area contributed by atoms with E-state index in [0.717, 1.165) is 29.9 Å². The van der Waals surface area contributed by atoms with E-state index in [1.165, 1.54) is 12.1 Å². The second-order valence-corrected chi connectivity index (χ2v) is 8.44. The van der Waals surface area contributed by atoms with Crippen LogP contribution in [-0.2, 0) is 23.0 Å². The van der Waals surface area contributed by atoms with Gasteiger partial charge in [0.25, 0.3) is 0 Å².